The summed E-state index contributed by atoms with van der Waals surface area (Å²) in [6.45, 7) is 5.31. The van der Waals surface area contributed by atoms with Gasteiger partial charge in [0, 0.05) is 6.07 Å². The predicted molar refractivity (Wildman–Crippen MR) is 36.0 cm³/mol. The smallest absolute Gasteiger partial charge is 0.159 e. The summed E-state index contributed by atoms with van der Waals surface area (Å²) in [4.78, 5) is 0. The highest BCUT2D eigenvalue weighted by Crippen LogP contribution is 1.91. The van der Waals surface area contributed by atoms with Crippen molar-refractivity contribution in [1.82, 2.24) is 4.68 Å². The van der Waals surface area contributed by atoms with Gasteiger partial charge in [-0.25, -0.2) is 0 Å². The van der Waals surface area contributed by atoms with Crippen molar-refractivity contribution >= 4 is 0 Å². The predicted octanol–water partition coefficient (Wildman–Crippen LogP) is 0.641. The maximum atomic E-state index is 2.21. The van der Waals surface area contributed by atoms with Crippen LogP contribution in [-0.4, -0.2) is 4.68 Å². The van der Waals surface area contributed by atoms with Gasteiger partial charge in [-0.15, -0.1) is 4.68 Å². The third kappa shape index (κ3) is 0.969. The molecule has 2 heteroatoms. The quantitative estimate of drug-likeness (QED) is 0.487. The molecule has 0 saturated heterocycles. The Morgan fingerprint density at radius 1 is 1.67 bits per heavy atom. The van der Waals surface area contributed by atoms with Crippen molar-refractivity contribution in [3.05, 3.63) is 18.0 Å². The van der Waals surface area contributed by atoms with E-state index in [2.05, 4.69) is 42.5 Å². The molecule has 1 rings (SSSR count). The van der Waals surface area contributed by atoms with E-state index in [9.17, 15) is 0 Å². The van der Waals surface area contributed by atoms with E-state index in [-0.39, 0.29) is 0 Å². The topological polar surface area (TPSA) is 8.81 Å². The number of hydrogen-bond donors (Lipinski definition) is 0. The largest absolute Gasteiger partial charge is 0.195 e. The van der Waals surface area contributed by atoms with Gasteiger partial charge in [-0.05, 0) is 13.8 Å². The zero-order valence-corrected chi connectivity index (χ0v) is 6.26. The average molecular weight is 125 g/mol. The van der Waals surface area contributed by atoms with E-state index in [1.54, 1.807) is 0 Å². The van der Waals surface area contributed by atoms with E-state index >= 15 is 0 Å². The molecule has 0 bridgehead atoms. The second-order valence-electron chi connectivity index (χ2n) is 2.25. The van der Waals surface area contributed by atoms with Gasteiger partial charge in [-0.3, -0.25) is 0 Å². The van der Waals surface area contributed by atoms with Crippen molar-refractivity contribution in [2.75, 3.05) is 0 Å². The molecule has 0 aliphatic rings. The van der Waals surface area contributed by atoms with Gasteiger partial charge in [0.25, 0.3) is 0 Å². The van der Waals surface area contributed by atoms with Crippen molar-refractivity contribution < 1.29 is 4.68 Å². The van der Waals surface area contributed by atoms with E-state index in [0.29, 0.717) is 0 Å². The molecule has 0 saturated carbocycles. The summed E-state index contributed by atoms with van der Waals surface area (Å²) in [6, 6.07) is 2.11. The molecule has 0 fully saturated rings. The van der Waals surface area contributed by atoms with Crippen LogP contribution in [0, 0.1) is 6.92 Å². The molecular weight excluding hydrogens is 112 g/mol. The molecule has 50 valence electrons. The lowest BCUT2D eigenvalue weighted by molar-refractivity contribution is -0.753. The van der Waals surface area contributed by atoms with Crippen LogP contribution in [-0.2, 0) is 13.6 Å². The Bertz CT molecular complexity index is 181. The number of nitrogens with zero attached hydrogens (tertiary/aromatic N) is 2. The fourth-order valence-electron chi connectivity index (χ4n) is 1.10. The Morgan fingerprint density at radius 3 is 2.56 bits per heavy atom. The molecule has 1 aromatic rings. The maximum absolute atomic E-state index is 2.21. The van der Waals surface area contributed by atoms with Gasteiger partial charge in [0.15, 0.2) is 13.2 Å². The molecule has 0 atom stereocenters. The van der Waals surface area contributed by atoms with E-state index < -0.39 is 0 Å². The third-order valence-electron chi connectivity index (χ3n) is 1.62. The lowest BCUT2D eigenvalue weighted by Gasteiger charge is -1.94. The lowest BCUT2D eigenvalue weighted by atomic mass is 10.5. The summed E-state index contributed by atoms with van der Waals surface area (Å²) in [6.07, 6.45) is 2.07. The number of hydrogen-bond acceptors (Lipinski definition) is 0. The molecule has 0 N–H and O–H groups in total. The van der Waals surface area contributed by atoms with Gasteiger partial charge in [0.2, 0.25) is 0 Å². The molecule has 0 spiro atoms. The van der Waals surface area contributed by atoms with E-state index in [0.717, 1.165) is 6.54 Å². The van der Waals surface area contributed by atoms with E-state index in [4.69, 9.17) is 0 Å². The van der Waals surface area contributed by atoms with E-state index in [1.807, 2.05) is 0 Å². The monoisotopic (exact) mass is 125 g/mol. The van der Waals surface area contributed by atoms with Gasteiger partial charge in [0.1, 0.15) is 0 Å². The SMILES string of the molecule is CCn1c(C)cc[n+]1C. The number of aryl methyl sites for hydroxylation is 2. The lowest BCUT2D eigenvalue weighted by Crippen LogP contribution is -2.38. The summed E-state index contributed by atoms with van der Waals surface area (Å²) >= 11 is 0. The first kappa shape index (κ1) is 6.33. The van der Waals surface area contributed by atoms with Crippen LogP contribution in [0.4, 0.5) is 0 Å². The Labute approximate surface area is 55.7 Å². The van der Waals surface area contributed by atoms with Crippen molar-refractivity contribution in [3.8, 4) is 0 Å². The average Bonchev–Trinajstić information content (AvgIpc) is 2.12. The van der Waals surface area contributed by atoms with Crippen LogP contribution in [0.2, 0.25) is 0 Å². The molecule has 1 aromatic heterocycles. The van der Waals surface area contributed by atoms with E-state index in [1.165, 1.54) is 5.69 Å². The first-order valence-electron chi connectivity index (χ1n) is 3.27. The maximum Gasteiger partial charge on any atom is 0.195 e. The summed E-state index contributed by atoms with van der Waals surface area (Å²) in [5.74, 6) is 0. The number of rotatable bonds is 1. The Hall–Kier alpha value is -0.790. The zero-order valence-electron chi connectivity index (χ0n) is 6.26. The van der Waals surface area contributed by atoms with Gasteiger partial charge in [0.05, 0.1) is 12.2 Å². The summed E-state index contributed by atoms with van der Waals surface area (Å²) in [5.41, 5.74) is 1.32. The first-order valence-corrected chi connectivity index (χ1v) is 3.27. The molecule has 0 aliphatic carbocycles. The molecule has 0 aromatic carbocycles. The van der Waals surface area contributed by atoms with Crippen LogP contribution in [0.15, 0.2) is 12.3 Å². The highest BCUT2D eigenvalue weighted by Gasteiger charge is 2.02. The van der Waals surface area contributed by atoms with Crippen molar-refractivity contribution in [1.29, 1.82) is 0 Å². The highest BCUT2D eigenvalue weighted by molar-refractivity contribution is 4.91. The summed E-state index contributed by atoms with van der Waals surface area (Å²) in [7, 11) is 2.05. The first-order chi connectivity index (χ1) is 4.25. The Balaban J connectivity index is 3.07. The summed E-state index contributed by atoms with van der Waals surface area (Å²) < 4.78 is 4.30. The Morgan fingerprint density at radius 2 is 2.33 bits per heavy atom. The Kier molecular flexibility index (Phi) is 1.56. The minimum absolute atomic E-state index is 1.05. The van der Waals surface area contributed by atoms with Crippen LogP contribution < -0.4 is 4.68 Å². The minimum Gasteiger partial charge on any atom is -0.159 e. The molecule has 0 radical (unpaired) electrons. The third-order valence-corrected chi connectivity index (χ3v) is 1.62. The van der Waals surface area contributed by atoms with Gasteiger partial charge in [-0.2, -0.15) is 4.68 Å². The van der Waals surface area contributed by atoms with Crippen LogP contribution >= 0.6 is 0 Å². The van der Waals surface area contributed by atoms with Crippen LogP contribution in [0.1, 0.15) is 12.6 Å². The van der Waals surface area contributed by atoms with Gasteiger partial charge >= 0.3 is 0 Å². The van der Waals surface area contributed by atoms with Crippen molar-refractivity contribution in [3.63, 3.8) is 0 Å². The van der Waals surface area contributed by atoms with Crippen LogP contribution in [0.3, 0.4) is 0 Å². The fraction of sp³-hybridized carbons (Fsp3) is 0.571. The van der Waals surface area contributed by atoms with Crippen molar-refractivity contribution in [2.24, 2.45) is 7.05 Å². The summed E-state index contributed by atoms with van der Waals surface area (Å²) in [5, 5.41) is 0. The van der Waals surface area contributed by atoms with Crippen molar-refractivity contribution in [2.45, 2.75) is 20.4 Å². The number of aromatic nitrogens is 2. The van der Waals surface area contributed by atoms with Gasteiger partial charge < -0.3 is 0 Å². The van der Waals surface area contributed by atoms with Crippen LogP contribution in [0.25, 0.3) is 0 Å². The molecule has 0 unspecified atom stereocenters. The molecule has 0 aliphatic heterocycles. The normalized spacial score (nSPS) is 10.1. The molecule has 1 heterocycles. The standard InChI is InChI=1S/C7H13N2/c1-4-9-7(2)5-6-8(9)3/h5-6H,4H2,1-3H3/q+1. The fourth-order valence-corrected chi connectivity index (χ4v) is 1.10. The highest BCUT2D eigenvalue weighted by atomic mass is 15.4. The molecule has 2 nitrogen and oxygen atoms in total. The molecular formula is C7H13N2+. The molecule has 9 heavy (non-hydrogen) atoms. The minimum atomic E-state index is 1.05. The van der Waals surface area contributed by atoms with Gasteiger partial charge in [-0.1, -0.05) is 0 Å². The second kappa shape index (κ2) is 2.21. The van der Waals surface area contributed by atoms with Crippen LogP contribution in [0.5, 0.6) is 0 Å². The second-order valence-corrected chi connectivity index (χ2v) is 2.25. The molecule has 0 amide bonds. The zero-order chi connectivity index (χ0) is 6.85.